The first-order chi connectivity index (χ1) is 9.88. The Hall–Kier alpha value is -2.21. The molecule has 110 valence electrons. The minimum Gasteiger partial charge on any atom is -0.433 e. The van der Waals surface area contributed by atoms with Gasteiger partial charge in [0.25, 0.3) is 0 Å². The van der Waals surface area contributed by atoms with Crippen molar-refractivity contribution in [1.29, 1.82) is 0 Å². The quantitative estimate of drug-likeness (QED) is 0.479. The van der Waals surface area contributed by atoms with Gasteiger partial charge in [0.2, 0.25) is 5.28 Å². The summed E-state index contributed by atoms with van der Waals surface area (Å²) in [4.78, 5) is 17.8. The second-order valence-electron chi connectivity index (χ2n) is 4.88. The van der Waals surface area contributed by atoms with Crippen LogP contribution in [0.4, 0.5) is 5.69 Å². The fourth-order valence-electron chi connectivity index (χ4n) is 1.85. The lowest BCUT2D eigenvalue weighted by Gasteiger charge is -2.13. The first kappa shape index (κ1) is 15.2. The van der Waals surface area contributed by atoms with Crippen LogP contribution >= 0.6 is 11.6 Å². The van der Waals surface area contributed by atoms with E-state index in [9.17, 15) is 10.1 Å². The van der Waals surface area contributed by atoms with Crippen molar-refractivity contribution in [3.05, 3.63) is 50.9 Å². The summed E-state index contributed by atoms with van der Waals surface area (Å²) in [5.74, 6) is 0.576. The zero-order valence-electron chi connectivity index (χ0n) is 11.8. The SMILES string of the molecule is Cc1ccc(C(C)C)c(Oc2nc(Cl)ncc2[N+](=O)[O-])c1. The molecule has 1 heterocycles. The van der Waals surface area contributed by atoms with Crippen LogP contribution in [0.5, 0.6) is 11.6 Å². The highest BCUT2D eigenvalue weighted by Gasteiger charge is 2.21. The lowest BCUT2D eigenvalue weighted by molar-refractivity contribution is -0.386. The van der Waals surface area contributed by atoms with Gasteiger partial charge in [-0.05, 0) is 41.6 Å². The molecule has 0 aliphatic heterocycles. The number of hydrogen-bond acceptors (Lipinski definition) is 5. The van der Waals surface area contributed by atoms with Crippen LogP contribution in [0.2, 0.25) is 5.28 Å². The Labute approximate surface area is 126 Å². The molecule has 0 atom stereocenters. The number of rotatable bonds is 4. The summed E-state index contributed by atoms with van der Waals surface area (Å²) >= 11 is 5.70. The number of aryl methyl sites for hydroxylation is 1. The van der Waals surface area contributed by atoms with Crippen LogP contribution in [-0.4, -0.2) is 14.9 Å². The van der Waals surface area contributed by atoms with Crippen LogP contribution < -0.4 is 4.74 Å². The Balaban J connectivity index is 2.49. The average Bonchev–Trinajstić information content (AvgIpc) is 2.38. The number of nitro groups is 1. The second kappa shape index (κ2) is 6.05. The molecular formula is C14H14ClN3O3. The third-order valence-corrected chi connectivity index (χ3v) is 3.08. The van der Waals surface area contributed by atoms with Crippen molar-refractivity contribution in [1.82, 2.24) is 9.97 Å². The molecule has 7 heteroatoms. The summed E-state index contributed by atoms with van der Waals surface area (Å²) in [5.41, 5.74) is 1.59. The normalized spacial score (nSPS) is 10.7. The maximum absolute atomic E-state index is 11.0. The molecular weight excluding hydrogens is 294 g/mol. The van der Waals surface area contributed by atoms with Gasteiger partial charge in [-0.3, -0.25) is 10.1 Å². The van der Waals surface area contributed by atoms with Crippen LogP contribution in [0.25, 0.3) is 0 Å². The van der Waals surface area contributed by atoms with E-state index in [-0.39, 0.29) is 22.8 Å². The van der Waals surface area contributed by atoms with E-state index in [2.05, 4.69) is 9.97 Å². The topological polar surface area (TPSA) is 78.2 Å². The second-order valence-corrected chi connectivity index (χ2v) is 5.22. The summed E-state index contributed by atoms with van der Waals surface area (Å²) in [6.45, 7) is 5.94. The standard InChI is InChI=1S/C14H14ClN3O3/c1-8(2)10-5-4-9(3)6-12(10)21-13-11(18(19)20)7-16-14(15)17-13/h4-8H,1-3H3. The maximum Gasteiger partial charge on any atom is 0.349 e. The first-order valence-electron chi connectivity index (χ1n) is 6.34. The predicted molar refractivity (Wildman–Crippen MR) is 79.0 cm³/mol. The van der Waals surface area contributed by atoms with E-state index in [1.807, 2.05) is 39.0 Å². The molecule has 0 aliphatic rings. The molecule has 0 saturated heterocycles. The van der Waals surface area contributed by atoms with E-state index in [1.165, 1.54) is 0 Å². The molecule has 0 saturated carbocycles. The summed E-state index contributed by atoms with van der Waals surface area (Å²) in [5, 5.41) is 10.9. The van der Waals surface area contributed by atoms with Gasteiger partial charge < -0.3 is 4.74 Å². The maximum atomic E-state index is 11.0. The van der Waals surface area contributed by atoms with Gasteiger partial charge in [-0.25, -0.2) is 4.98 Å². The number of nitrogens with zero attached hydrogens (tertiary/aromatic N) is 3. The van der Waals surface area contributed by atoms with Crippen LogP contribution in [0.1, 0.15) is 30.9 Å². The number of ether oxygens (including phenoxy) is 1. The molecule has 0 spiro atoms. The zero-order chi connectivity index (χ0) is 15.6. The van der Waals surface area contributed by atoms with E-state index in [0.717, 1.165) is 17.3 Å². The van der Waals surface area contributed by atoms with E-state index in [1.54, 1.807) is 0 Å². The molecule has 0 N–H and O–H groups in total. The summed E-state index contributed by atoms with van der Waals surface area (Å²) in [6.07, 6.45) is 1.04. The van der Waals surface area contributed by atoms with Crippen molar-refractivity contribution in [3.63, 3.8) is 0 Å². The number of halogens is 1. The first-order valence-corrected chi connectivity index (χ1v) is 6.71. The Bertz CT molecular complexity index is 689. The van der Waals surface area contributed by atoms with Crippen LogP contribution in [0.3, 0.4) is 0 Å². The van der Waals surface area contributed by atoms with Gasteiger partial charge in [0.1, 0.15) is 11.9 Å². The molecule has 2 rings (SSSR count). The molecule has 0 amide bonds. The largest absolute Gasteiger partial charge is 0.433 e. The Kier molecular flexibility index (Phi) is 4.37. The smallest absolute Gasteiger partial charge is 0.349 e. The highest BCUT2D eigenvalue weighted by molar-refractivity contribution is 6.28. The highest BCUT2D eigenvalue weighted by atomic mass is 35.5. The summed E-state index contributed by atoms with van der Waals surface area (Å²) in [7, 11) is 0. The van der Waals surface area contributed by atoms with Gasteiger partial charge >= 0.3 is 11.6 Å². The number of aromatic nitrogens is 2. The Morgan fingerprint density at radius 3 is 2.71 bits per heavy atom. The van der Waals surface area contributed by atoms with Crippen molar-refractivity contribution in [2.24, 2.45) is 0 Å². The van der Waals surface area contributed by atoms with Gasteiger partial charge in [-0.15, -0.1) is 0 Å². The minimum atomic E-state index is -0.601. The molecule has 0 radical (unpaired) electrons. The number of hydrogen-bond donors (Lipinski definition) is 0. The third-order valence-electron chi connectivity index (χ3n) is 2.90. The van der Waals surface area contributed by atoms with Gasteiger partial charge in [-0.2, -0.15) is 4.98 Å². The molecule has 0 bridgehead atoms. The molecule has 0 unspecified atom stereocenters. The van der Waals surface area contributed by atoms with Crippen LogP contribution in [0, 0.1) is 17.0 Å². The molecule has 2 aromatic rings. The summed E-state index contributed by atoms with van der Waals surface area (Å²) < 4.78 is 5.65. The van der Waals surface area contributed by atoms with Gasteiger partial charge in [-0.1, -0.05) is 26.0 Å². The fraction of sp³-hybridized carbons (Fsp3) is 0.286. The molecule has 6 nitrogen and oxygen atoms in total. The molecule has 0 fully saturated rings. The lowest BCUT2D eigenvalue weighted by atomic mass is 10.0. The van der Waals surface area contributed by atoms with E-state index < -0.39 is 4.92 Å². The third kappa shape index (κ3) is 3.46. The van der Waals surface area contributed by atoms with Crippen molar-refractivity contribution in [2.45, 2.75) is 26.7 Å². The van der Waals surface area contributed by atoms with Gasteiger partial charge in [0, 0.05) is 0 Å². The van der Waals surface area contributed by atoms with E-state index in [0.29, 0.717) is 5.75 Å². The lowest BCUT2D eigenvalue weighted by Crippen LogP contribution is -2.00. The molecule has 1 aromatic heterocycles. The molecule has 21 heavy (non-hydrogen) atoms. The van der Waals surface area contributed by atoms with Crippen molar-refractivity contribution in [3.8, 4) is 11.6 Å². The fourth-order valence-corrected chi connectivity index (χ4v) is 1.98. The number of benzene rings is 1. The van der Waals surface area contributed by atoms with E-state index in [4.69, 9.17) is 16.3 Å². The van der Waals surface area contributed by atoms with Crippen molar-refractivity contribution >= 4 is 17.3 Å². The van der Waals surface area contributed by atoms with Crippen LogP contribution in [-0.2, 0) is 0 Å². The van der Waals surface area contributed by atoms with Crippen molar-refractivity contribution in [2.75, 3.05) is 0 Å². The van der Waals surface area contributed by atoms with Gasteiger partial charge in [0.05, 0.1) is 4.92 Å². The van der Waals surface area contributed by atoms with Gasteiger partial charge in [0.15, 0.2) is 0 Å². The van der Waals surface area contributed by atoms with Crippen LogP contribution in [0.15, 0.2) is 24.4 Å². The molecule has 1 aromatic carbocycles. The Morgan fingerprint density at radius 1 is 1.38 bits per heavy atom. The Morgan fingerprint density at radius 2 is 2.10 bits per heavy atom. The summed E-state index contributed by atoms with van der Waals surface area (Å²) in [6, 6.07) is 5.71. The highest BCUT2D eigenvalue weighted by Crippen LogP contribution is 2.34. The zero-order valence-corrected chi connectivity index (χ0v) is 12.6. The average molecular weight is 308 g/mol. The minimum absolute atomic E-state index is 0.102. The van der Waals surface area contributed by atoms with Crippen molar-refractivity contribution < 1.29 is 9.66 Å². The van der Waals surface area contributed by atoms with E-state index >= 15 is 0 Å². The predicted octanol–water partition coefficient (Wildman–Crippen LogP) is 4.26. The monoisotopic (exact) mass is 307 g/mol. The molecule has 0 aliphatic carbocycles.